The van der Waals surface area contributed by atoms with Gasteiger partial charge in [-0.15, -0.1) is 0 Å². The largest absolute Gasteiger partial charge is 0.314 e. The molecule has 0 bridgehead atoms. The number of hydrogen-bond acceptors (Lipinski definition) is 2. The quantitative estimate of drug-likeness (QED) is 0.850. The van der Waals surface area contributed by atoms with Crippen LogP contribution >= 0.6 is 0 Å². The smallest absolute Gasteiger partial charge is 0.0365 e. The van der Waals surface area contributed by atoms with Gasteiger partial charge >= 0.3 is 0 Å². The van der Waals surface area contributed by atoms with E-state index in [0.29, 0.717) is 16.5 Å². The zero-order valence-electron chi connectivity index (χ0n) is 12.0. The molecule has 106 valence electrons. The van der Waals surface area contributed by atoms with Crippen LogP contribution in [0.25, 0.3) is 0 Å². The van der Waals surface area contributed by atoms with Crippen LogP contribution in [0.2, 0.25) is 0 Å². The predicted molar refractivity (Wildman–Crippen MR) is 79.3 cm³/mol. The van der Waals surface area contributed by atoms with Crippen molar-refractivity contribution in [3.8, 4) is 0 Å². The molecule has 0 amide bonds. The fourth-order valence-electron chi connectivity index (χ4n) is 3.69. The Kier molecular flexibility index (Phi) is 5.68. The molecule has 0 radical (unpaired) electrons. The fraction of sp³-hybridized carbons (Fsp3) is 1.00. The second-order valence-electron chi connectivity index (χ2n) is 6.27. The van der Waals surface area contributed by atoms with Gasteiger partial charge in [0.1, 0.15) is 0 Å². The molecule has 5 atom stereocenters. The van der Waals surface area contributed by atoms with Crippen molar-refractivity contribution < 1.29 is 4.21 Å². The van der Waals surface area contributed by atoms with Gasteiger partial charge < -0.3 is 5.32 Å². The maximum atomic E-state index is 12.7. The average molecular weight is 271 g/mol. The van der Waals surface area contributed by atoms with Gasteiger partial charge in [0.2, 0.25) is 0 Å². The molecule has 0 aromatic carbocycles. The summed E-state index contributed by atoms with van der Waals surface area (Å²) in [7, 11) is -0.578. The van der Waals surface area contributed by atoms with Crippen molar-refractivity contribution in [2.75, 3.05) is 6.54 Å². The second kappa shape index (κ2) is 7.04. The SMILES string of the molecule is CCNC1CCCC(S(=O)C2CCCC(C)C2)C1. The van der Waals surface area contributed by atoms with Crippen LogP contribution in [0.3, 0.4) is 0 Å². The van der Waals surface area contributed by atoms with Gasteiger partial charge in [0, 0.05) is 27.3 Å². The Balaban J connectivity index is 1.87. The lowest BCUT2D eigenvalue weighted by atomic mass is 9.90. The first kappa shape index (κ1) is 14.5. The van der Waals surface area contributed by atoms with Crippen LogP contribution in [0.1, 0.15) is 65.2 Å². The summed E-state index contributed by atoms with van der Waals surface area (Å²) in [5, 5.41) is 4.52. The summed E-state index contributed by atoms with van der Waals surface area (Å²) in [6, 6.07) is 0.624. The van der Waals surface area contributed by atoms with E-state index < -0.39 is 10.8 Å². The molecule has 0 heterocycles. The van der Waals surface area contributed by atoms with E-state index in [-0.39, 0.29) is 0 Å². The molecule has 2 aliphatic rings. The second-order valence-corrected chi connectivity index (χ2v) is 8.26. The topological polar surface area (TPSA) is 29.1 Å². The third-order valence-electron chi connectivity index (χ3n) is 4.66. The molecule has 3 heteroatoms. The van der Waals surface area contributed by atoms with Crippen molar-refractivity contribution in [2.45, 2.75) is 81.8 Å². The summed E-state index contributed by atoms with van der Waals surface area (Å²) >= 11 is 0. The van der Waals surface area contributed by atoms with Gasteiger partial charge in [-0.1, -0.05) is 33.1 Å². The summed E-state index contributed by atoms with van der Waals surface area (Å²) in [6.07, 6.45) is 9.93. The van der Waals surface area contributed by atoms with Crippen molar-refractivity contribution >= 4 is 10.8 Å². The maximum absolute atomic E-state index is 12.7. The molecule has 2 aliphatic carbocycles. The van der Waals surface area contributed by atoms with E-state index in [0.717, 1.165) is 18.9 Å². The van der Waals surface area contributed by atoms with E-state index in [4.69, 9.17) is 0 Å². The van der Waals surface area contributed by atoms with E-state index >= 15 is 0 Å². The van der Waals surface area contributed by atoms with Crippen molar-refractivity contribution in [1.82, 2.24) is 5.32 Å². The molecule has 2 fully saturated rings. The summed E-state index contributed by atoms with van der Waals surface area (Å²) in [4.78, 5) is 0. The van der Waals surface area contributed by atoms with Gasteiger partial charge in [0.05, 0.1) is 0 Å². The van der Waals surface area contributed by atoms with E-state index in [9.17, 15) is 4.21 Å². The van der Waals surface area contributed by atoms with Crippen molar-refractivity contribution in [3.05, 3.63) is 0 Å². The highest BCUT2D eigenvalue weighted by Crippen LogP contribution is 2.32. The first-order valence-electron chi connectivity index (χ1n) is 7.83. The van der Waals surface area contributed by atoms with Gasteiger partial charge in [0.15, 0.2) is 0 Å². The zero-order valence-corrected chi connectivity index (χ0v) is 12.8. The molecule has 0 spiro atoms. The minimum Gasteiger partial charge on any atom is -0.314 e. The van der Waals surface area contributed by atoms with Gasteiger partial charge in [-0.05, 0) is 44.6 Å². The minimum absolute atomic E-state index is 0.470. The Morgan fingerprint density at radius 1 is 1.06 bits per heavy atom. The average Bonchev–Trinajstić information content (AvgIpc) is 2.39. The fourth-order valence-corrected chi connectivity index (χ4v) is 5.97. The Bertz CT molecular complexity index is 280. The highest BCUT2D eigenvalue weighted by Gasteiger charge is 2.32. The molecule has 0 aromatic heterocycles. The van der Waals surface area contributed by atoms with Crippen LogP contribution in [0, 0.1) is 5.92 Å². The molecule has 0 aliphatic heterocycles. The molecule has 1 N–H and O–H groups in total. The first-order chi connectivity index (χ1) is 8.70. The van der Waals surface area contributed by atoms with E-state index in [1.807, 2.05) is 0 Å². The molecular weight excluding hydrogens is 242 g/mol. The molecule has 0 saturated heterocycles. The molecule has 2 nitrogen and oxygen atoms in total. The van der Waals surface area contributed by atoms with Crippen molar-refractivity contribution in [2.24, 2.45) is 5.92 Å². The lowest BCUT2D eigenvalue weighted by Crippen LogP contribution is -2.40. The lowest BCUT2D eigenvalue weighted by molar-refractivity contribution is 0.368. The lowest BCUT2D eigenvalue weighted by Gasteiger charge is -2.34. The summed E-state index contributed by atoms with van der Waals surface area (Å²) in [6.45, 7) is 5.54. The Hall–Kier alpha value is 0.110. The van der Waals surface area contributed by atoms with Crippen LogP contribution in [0.4, 0.5) is 0 Å². The summed E-state index contributed by atoms with van der Waals surface area (Å²) < 4.78 is 12.7. The van der Waals surface area contributed by atoms with Gasteiger partial charge in [-0.25, -0.2) is 0 Å². The Morgan fingerprint density at radius 3 is 2.39 bits per heavy atom. The highest BCUT2D eigenvalue weighted by atomic mass is 32.2. The normalized spacial score (nSPS) is 39.4. The van der Waals surface area contributed by atoms with Crippen molar-refractivity contribution in [1.29, 1.82) is 0 Å². The molecular formula is C15H29NOS. The van der Waals surface area contributed by atoms with Gasteiger partial charge in [-0.3, -0.25) is 4.21 Å². The van der Waals surface area contributed by atoms with E-state index in [1.165, 1.54) is 44.9 Å². The maximum Gasteiger partial charge on any atom is 0.0365 e. The summed E-state index contributed by atoms with van der Waals surface area (Å²) in [5.41, 5.74) is 0. The Morgan fingerprint density at radius 2 is 1.72 bits per heavy atom. The highest BCUT2D eigenvalue weighted by molar-refractivity contribution is 7.86. The molecule has 2 rings (SSSR count). The van der Waals surface area contributed by atoms with Gasteiger partial charge in [-0.2, -0.15) is 0 Å². The number of rotatable bonds is 4. The molecule has 5 unspecified atom stereocenters. The van der Waals surface area contributed by atoms with Gasteiger partial charge in [0.25, 0.3) is 0 Å². The summed E-state index contributed by atoms with van der Waals surface area (Å²) in [5.74, 6) is 0.792. The number of hydrogen-bond donors (Lipinski definition) is 1. The first-order valence-corrected chi connectivity index (χ1v) is 9.11. The van der Waals surface area contributed by atoms with Crippen molar-refractivity contribution in [3.63, 3.8) is 0 Å². The molecule has 18 heavy (non-hydrogen) atoms. The minimum atomic E-state index is -0.578. The monoisotopic (exact) mass is 271 g/mol. The molecule has 2 saturated carbocycles. The van der Waals surface area contributed by atoms with Crippen LogP contribution in [-0.4, -0.2) is 27.3 Å². The Labute approximate surface area is 115 Å². The van der Waals surface area contributed by atoms with Crippen LogP contribution in [0.5, 0.6) is 0 Å². The standard InChI is InChI=1S/C15H29NOS/c1-3-16-13-7-5-9-15(11-13)18(17)14-8-4-6-12(2)10-14/h12-16H,3-11H2,1-2H3. The van der Waals surface area contributed by atoms with E-state index in [1.54, 1.807) is 0 Å². The van der Waals surface area contributed by atoms with Crippen LogP contribution in [-0.2, 0) is 10.8 Å². The molecule has 0 aromatic rings. The third kappa shape index (κ3) is 3.80. The number of nitrogens with one attached hydrogen (secondary N) is 1. The van der Waals surface area contributed by atoms with E-state index in [2.05, 4.69) is 19.2 Å². The third-order valence-corrected chi connectivity index (χ3v) is 6.83. The zero-order chi connectivity index (χ0) is 13.0. The van der Waals surface area contributed by atoms with Crippen LogP contribution in [0.15, 0.2) is 0 Å². The predicted octanol–water partition coefficient (Wildman–Crippen LogP) is 3.23. The van der Waals surface area contributed by atoms with Crippen LogP contribution < -0.4 is 5.32 Å².